The molecule has 0 saturated heterocycles. The molecule has 9 aromatic carbocycles. The standard InChI is InChI=1S/C60H38N4/c1-3-16-44(17-4-1)63-57-24-11-8-21-48(57)52-36-40(27-30-59(52)63)39-26-29-55-51(35-39)50(42-15-13-14-41(34-42)46-32-33-61-54-23-10-7-20-47(46)54)38-56(62-55)43-28-31-60-53(37-43)49-22-9-12-25-58(49)64(60)45-18-5-2-6-19-45/h1-38H. The van der Waals surface area contributed by atoms with Crippen LogP contribution in [-0.2, 0) is 0 Å². The van der Waals surface area contributed by atoms with Gasteiger partial charge in [-0.05, 0) is 130 Å². The number of pyridine rings is 2. The van der Waals surface area contributed by atoms with E-state index in [2.05, 4.69) is 233 Å². The smallest absolute Gasteiger partial charge is 0.0716 e. The molecule has 0 N–H and O–H groups in total. The lowest BCUT2D eigenvalue weighted by Gasteiger charge is -2.14. The largest absolute Gasteiger partial charge is 0.309 e. The molecule has 64 heavy (non-hydrogen) atoms. The lowest BCUT2D eigenvalue weighted by molar-refractivity contribution is 1.18. The molecule has 13 rings (SSSR count). The van der Waals surface area contributed by atoms with Gasteiger partial charge in [0.1, 0.15) is 0 Å². The first kappa shape index (κ1) is 36.1. The normalized spacial score (nSPS) is 11.8. The van der Waals surface area contributed by atoms with Gasteiger partial charge in [-0.2, -0.15) is 0 Å². The predicted octanol–water partition coefficient (Wildman–Crippen LogP) is 15.6. The number of benzene rings is 9. The van der Waals surface area contributed by atoms with E-state index in [1.54, 1.807) is 0 Å². The van der Waals surface area contributed by atoms with Crippen LogP contribution >= 0.6 is 0 Å². The third kappa shape index (κ3) is 5.77. The molecule has 4 heteroatoms. The second-order valence-electron chi connectivity index (χ2n) is 16.6. The Hall–Kier alpha value is -8.60. The second kappa shape index (κ2) is 14.5. The van der Waals surface area contributed by atoms with Crippen LogP contribution in [0.2, 0.25) is 0 Å². The Kier molecular flexibility index (Phi) is 8.18. The van der Waals surface area contributed by atoms with E-state index in [-0.39, 0.29) is 0 Å². The quantitative estimate of drug-likeness (QED) is 0.168. The SMILES string of the molecule is c1ccc(-n2c3ccccc3c3cc(-c4ccc5nc(-c6ccc7c(c6)c6ccccc6n7-c6ccccc6)cc(-c6cccc(-c7ccnc8ccccc78)c6)c5c4)ccc32)cc1. The number of rotatable bonds is 6. The summed E-state index contributed by atoms with van der Waals surface area (Å²) in [5.41, 5.74) is 17.9. The summed E-state index contributed by atoms with van der Waals surface area (Å²) in [6.45, 7) is 0. The van der Waals surface area contributed by atoms with Crippen LogP contribution in [0.3, 0.4) is 0 Å². The van der Waals surface area contributed by atoms with Gasteiger partial charge in [0.05, 0.1) is 38.8 Å². The van der Waals surface area contributed by atoms with Gasteiger partial charge in [-0.3, -0.25) is 4.98 Å². The Morgan fingerprint density at radius 1 is 0.281 bits per heavy atom. The number of aromatic nitrogens is 4. The Bertz CT molecular complexity index is 3950. The van der Waals surface area contributed by atoms with Crippen molar-refractivity contribution in [3.05, 3.63) is 231 Å². The fraction of sp³-hybridized carbons (Fsp3) is 0. The minimum atomic E-state index is 0.934. The van der Waals surface area contributed by atoms with E-state index >= 15 is 0 Å². The van der Waals surface area contributed by atoms with Crippen molar-refractivity contribution in [1.82, 2.24) is 19.1 Å². The summed E-state index contributed by atoms with van der Waals surface area (Å²) in [6.07, 6.45) is 1.91. The van der Waals surface area contributed by atoms with E-state index in [1.807, 2.05) is 12.3 Å². The summed E-state index contributed by atoms with van der Waals surface area (Å²) in [4.78, 5) is 10.1. The number of nitrogens with zero attached hydrogens (tertiary/aromatic N) is 4. The molecule has 0 radical (unpaired) electrons. The van der Waals surface area contributed by atoms with Crippen LogP contribution in [-0.4, -0.2) is 19.1 Å². The van der Waals surface area contributed by atoms with Gasteiger partial charge >= 0.3 is 0 Å². The number of hydrogen-bond donors (Lipinski definition) is 0. The minimum absolute atomic E-state index is 0.934. The van der Waals surface area contributed by atoms with Crippen molar-refractivity contribution >= 4 is 65.4 Å². The first-order valence-electron chi connectivity index (χ1n) is 21.8. The van der Waals surface area contributed by atoms with Crippen LogP contribution in [0.25, 0.3) is 121 Å². The van der Waals surface area contributed by atoms with Gasteiger partial charge in [-0.15, -0.1) is 0 Å². The van der Waals surface area contributed by atoms with E-state index in [0.29, 0.717) is 0 Å². The van der Waals surface area contributed by atoms with Crippen molar-refractivity contribution in [1.29, 1.82) is 0 Å². The summed E-state index contributed by atoms with van der Waals surface area (Å²) in [5, 5.41) is 7.12. The molecule has 0 unspecified atom stereocenters. The maximum Gasteiger partial charge on any atom is 0.0716 e. The first-order valence-corrected chi connectivity index (χ1v) is 21.8. The molecule has 4 aromatic heterocycles. The molecule has 0 saturated carbocycles. The molecule has 0 bridgehead atoms. The Balaban J connectivity index is 1.01. The molecule has 0 fully saturated rings. The zero-order valence-corrected chi connectivity index (χ0v) is 34.7. The molecule has 4 nitrogen and oxygen atoms in total. The Labute approximate surface area is 369 Å². The molecule has 13 aromatic rings. The maximum absolute atomic E-state index is 5.45. The van der Waals surface area contributed by atoms with Crippen LogP contribution in [0.4, 0.5) is 0 Å². The van der Waals surface area contributed by atoms with E-state index in [4.69, 9.17) is 4.98 Å². The van der Waals surface area contributed by atoms with Gasteiger partial charge in [0.25, 0.3) is 0 Å². The van der Waals surface area contributed by atoms with Crippen LogP contribution in [0.15, 0.2) is 231 Å². The molecule has 4 heterocycles. The third-order valence-corrected chi connectivity index (χ3v) is 12.9. The minimum Gasteiger partial charge on any atom is -0.309 e. The van der Waals surface area contributed by atoms with Crippen molar-refractivity contribution < 1.29 is 0 Å². The molecule has 0 aliphatic heterocycles. The molecule has 298 valence electrons. The highest BCUT2D eigenvalue weighted by Crippen LogP contribution is 2.41. The van der Waals surface area contributed by atoms with Crippen molar-refractivity contribution in [2.75, 3.05) is 0 Å². The topological polar surface area (TPSA) is 35.6 Å². The van der Waals surface area contributed by atoms with Gasteiger partial charge in [-0.25, -0.2) is 4.98 Å². The predicted molar refractivity (Wildman–Crippen MR) is 267 cm³/mol. The second-order valence-corrected chi connectivity index (χ2v) is 16.6. The summed E-state index contributed by atoms with van der Waals surface area (Å²) < 4.78 is 4.73. The summed E-state index contributed by atoms with van der Waals surface area (Å²) >= 11 is 0. The lowest BCUT2D eigenvalue weighted by atomic mass is 9.92. The van der Waals surface area contributed by atoms with Crippen molar-refractivity contribution in [2.45, 2.75) is 0 Å². The summed E-state index contributed by atoms with van der Waals surface area (Å²) in [6, 6.07) is 80.9. The van der Waals surface area contributed by atoms with Crippen molar-refractivity contribution in [2.24, 2.45) is 0 Å². The van der Waals surface area contributed by atoms with E-state index in [9.17, 15) is 0 Å². The zero-order valence-electron chi connectivity index (χ0n) is 34.7. The fourth-order valence-corrected chi connectivity index (χ4v) is 9.99. The number of hydrogen-bond acceptors (Lipinski definition) is 2. The highest BCUT2D eigenvalue weighted by atomic mass is 15.0. The van der Waals surface area contributed by atoms with Gasteiger partial charge in [0.15, 0.2) is 0 Å². The number of fused-ring (bicyclic) bond motifs is 8. The van der Waals surface area contributed by atoms with E-state index in [0.717, 1.165) is 77.8 Å². The monoisotopic (exact) mass is 814 g/mol. The van der Waals surface area contributed by atoms with Crippen molar-refractivity contribution in [3.63, 3.8) is 0 Å². The average molecular weight is 815 g/mol. The molecule has 0 aliphatic rings. The van der Waals surface area contributed by atoms with Crippen molar-refractivity contribution in [3.8, 4) is 56.0 Å². The first-order chi connectivity index (χ1) is 31.7. The van der Waals surface area contributed by atoms with Crippen LogP contribution < -0.4 is 0 Å². The number of para-hydroxylation sites is 5. The summed E-state index contributed by atoms with van der Waals surface area (Å²) in [5.74, 6) is 0. The van der Waals surface area contributed by atoms with Gasteiger partial charge < -0.3 is 9.13 Å². The maximum atomic E-state index is 5.45. The highest BCUT2D eigenvalue weighted by molar-refractivity contribution is 6.12. The fourth-order valence-electron chi connectivity index (χ4n) is 9.99. The van der Waals surface area contributed by atoms with E-state index in [1.165, 1.54) is 43.6 Å². The van der Waals surface area contributed by atoms with Crippen LogP contribution in [0.5, 0.6) is 0 Å². The highest BCUT2D eigenvalue weighted by Gasteiger charge is 2.18. The average Bonchev–Trinajstić information content (AvgIpc) is 3.88. The van der Waals surface area contributed by atoms with Gasteiger partial charge in [0, 0.05) is 55.5 Å². The van der Waals surface area contributed by atoms with Crippen LogP contribution in [0, 0.1) is 0 Å². The molecular weight excluding hydrogens is 777 g/mol. The van der Waals surface area contributed by atoms with E-state index < -0.39 is 0 Å². The van der Waals surface area contributed by atoms with Gasteiger partial charge in [-0.1, -0.05) is 127 Å². The third-order valence-electron chi connectivity index (χ3n) is 12.9. The molecule has 0 atom stereocenters. The molecule has 0 aliphatic carbocycles. The molecular formula is C60H38N4. The summed E-state index contributed by atoms with van der Waals surface area (Å²) in [7, 11) is 0. The zero-order chi connectivity index (χ0) is 42.1. The molecule has 0 spiro atoms. The Morgan fingerprint density at radius 2 is 0.797 bits per heavy atom. The van der Waals surface area contributed by atoms with Crippen LogP contribution in [0.1, 0.15) is 0 Å². The van der Waals surface area contributed by atoms with Gasteiger partial charge in [0.2, 0.25) is 0 Å². The Morgan fingerprint density at radius 3 is 1.47 bits per heavy atom. The molecule has 0 amide bonds. The lowest BCUT2D eigenvalue weighted by Crippen LogP contribution is -1.94.